The number of fused-ring (bicyclic) bond motifs is 2. The van der Waals surface area contributed by atoms with E-state index in [-0.39, 0.29) is 5.91 Å². The molecule has 3 aromatic rings. The molecule has 27 heavy (non-hydrogen) atoms. The molecule has 0 saturated carbocycles. The number of likely N-dealkylation sites (tertiary alicyclic amines) is 1. The Morgan fingerprint density at radius 3 is 2.44 bits per heavy atom. The molecule has 2 aliphatic heterocycles. The summed E-state index contributed by atoms with van der Waals surface area (Å²) in [6, 6.07) is 23.6. The van der Waals surface area contributed by atoms with Crippen LogP contribution in [-0.4, -0.2) is 34.8 Å². The van der Waals surface area contributed by atoms with E-state index < -0.39 is 0 Å². The number of amides is 1. The lowest BCUT2D eigenvalue weighted by atomic mass is 10.0. The third kappa shape index (κ3) is 3.02. The first-order valence-corrected chi connectivity index (χ1v) is 9.87. The number of rotatable bonds is 3. The van der Waals surface area contributed by atoms with Gasteiger partial charge in [0.1, 0.15) is 0 Å². The van der Waals surface area contributed by atoms with E-state index in [4.69, 9.17) is 0 Å². The number of hydrogen-bond donors (Lipinski definition) is 0. The molecule has 0 spiro atoms. The summed E-state index contributed by atoms with van der Waals surface area (Å²) in [6.07, 6.45) is 2.12. The van der Waals surface area contributed by atoms with Crippen molar-refractivity contribution >= 4 is 16.7 Å². The van der Waals surface area contributed by atoms with Crippen LogP contribution in [0.2, 0.25) is 0 Å². The van der Waals surface area contributed by atoms with Gasteiger partial charge in [-0.1, -0.05) is 60.7 Å². The number of carbonyl (C=O) groups is 1. The average Bonchev–Trinajstić information content (AvgIpc) is 3.06. The predicted molar refractivity (Wildman–Crippen MR) is 109 cm³/mol. The van der Waals surface area contributed by atoms with Crippen LogP contribution >= 0.6 is 0 Å². The zero-order valence-electron chi connectivity index (χ0n) is 15.5. The molecule has 0 unspecified atom stereocenters. The lowest BCUT2D eigenvalue weighted by Gasteiger charge is -2.36. The molecular formula is C24H24N2O. The molecule has 0 atom stereocenters. The summed E-state index contributed by atoms with van der Waals surface area (Å²) in [4.78, 5) is 17.4. The minimum Gasteiger partial charge on any atom is -0.331 e. The van der Waals surface area contributed by atoms with Crippen molar-refractivity contribution in [1.29, 1.82) is 0 Å². The van der Waals surface area contributed by atoms with E-state index in [1.54, 1.807) is 0 Å². The van der Waals surface area contributed by atoms with Gasteiger partial charge in [-0.25, -0.2) is 0 Å². The highest BCUT2D eigenvalue weighted by Gasteiger charge is 2.34. The topological polar surface area (TPSA) is 23.6 Å². The van der Waals surface area contributed by atoms with Crippen LogP contribution in [0.3, 0.4) is 0 Å². The molecule has 1 amide bonds. The Balaban J connectivity index is 1.25. The molecule has 3 heteroatoms. The zero-order valence-corrected chi connectivity index (χ0v) is 15.5. The first-order valence-electron chi connectivity index (χ1n) is 9.87. The second kappa shape index (κ2) is 6.82. The monoisotopic (exact) mass is 356 g/mol. The Bertz CT molecular complexity index is 983. The smallest absolute Gasteiger partial charge is 0.254 e. The first-order chi connectivity index (χ1) is 13.3. The Morgan fingerprint density at radius 1 is 0.852 bits per heavy atom. The van der Waals surface area contributed by atoms with Gasteiger partial charge in [-0.15, -0.1) is 0 Å². The van der Waals surface area contributed by atoms with Crippen LogP contribution < -0.4 is 0 Å². The third-order valence-corrected chi connectivity index (χ3v) is 6.12. The van der Waals surface area contributed by atoms with Gasteiger partial charge >= 0.3 is 0 Å². The Morgan fingerprint density at radius 2 is 1.59 bits per heavy atom. The molecule has 2 heterocycles. The maximum absolute atomic E-state index is 12.7. The summed E-state index contributed by atoms with van der Waals surface area (Å²) < 4.78 is 0. The zero-order chi connectivity index (χ0) is 18.2. The molecule has 5 rings (SSSR count). The summed E-state index contributed by atoms with van der Waals surface area (Å²) in [5.74, 6) is 0.220. The van der Waals surface area contributed by atoms with Crippen LogP contribution in [0.1, 0.15) is 34.3 Å². The highest BCUT2D eigenvalue weighted by molar-refractivity contribution is 5.98. The van der Waals surface area contributed by atoms with E-state index in [1.165, 1.54) is 21.9 Å². The van der Waals surface area contributed by atoms with Gasteiger partial charge in [0.25, 0.3) is 5.91 Å². The van der Waals surface area contributed by atoms with Gasteiger partial charge in [-0.3, -0.25) is 9.69 Å². The summed E-state index contributed by atoms with van der Waals surface area (Å²) >= 11 is 0. The summed E-state index contributed by atoms with van der Waals surface area (Å²) in [6.45, 7) is 3.87. The second-order valence-electron chi connectivity index (χ2n) is 7.74. The largest absolute Gasteiger partial charge is 0.331 e. The Kier molecular flexibility index (Phi) is 4.17. The SMILES string of the molecule is O=C1c2ccccc2CN1C1CCN(Cc2cccc3ccccc23)CC1. The van der Waals surface area contributed by atoms with Crippen molar-refractivity contribution in [2.45, 2.75) is 32.0 Å². The van der Waals surface area contributed by atoms with Crippen molar-refractivity contribution in [3.05, 3.63) is 83.4 Å². The number of piperidine rings is 1. The molecular weight excluding hydrogens is 332 g/mol. The molecule has 0 bridgehead atoms. The first kappa shape index (κ1) is 16.5. The van der Waals surface area contributed by atoms with Gasteiger partial charge in [-0.05, 0) is 40.8 Å². The Hall–Kier alpha value is -2.65. The number of carbonyl (C=O) groups excluding carboxylic acids is 1. The van der Waals surface area contributed by atoms with Crippen LogP contribution in [-0.2, 0) is 13.1 Å². The van der Waals surface area contributed by atoms with Gasteiger partial charge in [0, 0.05) is 37.8 Å². The summed E-state index contributed by atoms with van der Waals surface area (Å²) in [5.41, 5.74) is 3.48. The summed E-state index contributed by atoms with van der Waals surface area (Å²) in [5, 5.41) is 2.66. The molecule has 1 saturated heterocycles. The van der Waals surface area contributed by atoms with Gasteiger partial charge in [0.15, 0.2) is 0 Å². The fraction of sp³-hybridized carbons (Fsp3) is 0.292. The highest BCUT2D eigenvalue weighted by Crippen LogP contribution is 2.29. The molecule has 0 aromatic heterocycles. The average molecular weight is 356 g/mol. The molecule has 0 aliphatic carbocycles. The van der Waals surface area contributed by atoms with E-state index in [0.29, 0.717) is 6.04 Å². The second-order valence-corrected chi connectivity index (χ2v) is 7.74. The number of benzene rings is 3. The van der Waals surface area contributed by atoms with Crippen molar-refractivity contribution in [3.8, 4) is 0 Å². The maximum atomic E-state index is 12.7. The molecule has 3 aromatic carbocycles. The van der Waals surface area contributed by atoms with Crippen LogP contribution in [0.25, 0.3) is 10.8 Å². The summed E-state index contributed by atoms with van der Waals surface area (Å²) in [7, 11) is 0. The molecule has 1 fully saturated rings. The van der Waals surface area contributed by atoms with Crippen molar-refractivity contribution in [2.24, 2.45) is 0 Å². The minimum atomic E-state index is 0.220. The van der Waals surface area contributed by atoms with E-state index in [9.17, 15) is 4.79 Å². The van der Waals surface area contributed by atoms with E-state index in [0.717, 1.165) is 44.6 Å². The van der Waals surface area contributed by atoms with Gasteiger partial charge in [0.2, 0.25) is 0 Å². The molecule has 3 nitrogen and oxygen atoms in total. The lowest BCUT2D eigenvalue weighted by molar-refractivity contribution is 0.0590. The van der Waals surface area contributed by atoms with Crippen LogP contribution in [0.4, 0.5) is 0 Å². The number of hydrogen-bond acceptors (Lipinski definition) is 2. The molecule has 136 valence electrons. The fourth-order valence-corrected chi connectivity index (χ4v) is 4.63. The fourth-order valence-electron chi connectivity index (χ4n) is 4.63. The maximum Gasteiger partial charge on any atom is 0.254 e. The van der Waals surface area contributed by atoms with Gasteiger partial charge < -0.3 is 4.90 Å². The Labute approximate surface area is 160 Å². The van der Waals surface area contributed by atoms with Crippen molar-refractivity contribution < 1.29 is 4.79 Å². The van der Waals surface area contributed by atoms with Crippen molar-refractivity contribution in [3.63, 3.8) is 0 Å². The van der Waals surface area contributed by atoms with E-state index in [1.807, 2.05) is 18.2 Å². The normalized spacial score (nSPS) is 18.2. The van der Waals surface area contributed by atoms with Crippen molar-refractivity contribution in [1.82, 2.24) is 9.80 Å². The van der Waals surface area contributed by atoms with Crippen LogP contribution in [0, 0.1) is 0 Å². The van der Waals surface area contributed by atoms with E-state index >= 15 is 0 Å². The lowest BCUT2D eigenvalue weighted by Crippen LogP contribution is -2.44. The van der Waals surface area contributed by atoms with Crippen molar-refractivity contribution in [2.75, 3.05) is 13.1 Å². The van der Waals surface area contributed by atoms with Crippen LogP contribution in [0.5, 0.6) is 0 Å². The predicted octanol–water partition coefficient (Wildman–Crippen LogP) is 4.46. The standard InChI is InChI=1S/C24H24N2O/c27-24-23-11-4-2-7-20(23)17-26(24)21-12-14-25(15-13-21)16-19-9-5-8-18-6-1-3-10-22(18)19/h1-11,21H,12-17H2. The highest BCUT2D eigenvalue weighted by atomic mass is 16.2. The van der Waals surface area contributed by atoms with E-state index in [2.05, 4.69) is 58.3 Å². The molecule has 2 aliphatic rings. The molecule has 0 radical (unpaired) electrons. The van der Waals surface area contributed by atoms with Gasteiger partial charge in [-0.2, -0.15) is 0 Å². The third-order valence-electron chi connectivity index (χ3n) is 6.12. The quantitative estimate of drug-likeness (QED) is 0.692. The minimum absolute atomic E-state index is 0.220. The number of nitrogens with zero attached hydrogens (tertiary/aromatic N) is 2. The molecule has 0 N–H and O–H groups in total. The van der Waals surface area contributed by atoms with Crippen LogP contribution in [0.15, 0.2) is 66.7 Å². The van der Waals surface area contributed by atoms with Gasteiger partial charge in [0.05, 0.1) is 0 Å².